The number of nitrogens with zero attached hydrogens (tertiary/aromatic N) is 2. The first-order valence-corrected chi connectivity index (χ1v) is 9.36. The van der Waals surface area contributed by atoms with E-state index in [1.165, 1.54) is 0 Å². The van der Waals surface area contributed by atoms with Crippen LogP contribution in [0.4, 0.5) is 5.69 Å². The highest BCUT2D eigenvalue weighted by Crippen LogP contribution is 2.31. The average molecular weight is 377 g/mol. The van der Waals surface area contributed by atoms with Crippen molar-refractivity contribution in [3.8, 4) is 22.8 Å². The highest BCUT2D eigenvalue weighted by atomic mass is 32.1. The number of carbonyl (C=O) groups excluding carboxylic acids is 1. The van der Waals surface area contributed by atoms with E-state index in [0.717, 1.165) is 16.2 Å². The summed E-state index contributed by atoms with van der Waals surface area (Å²) in [5, 5.41) is 4.90. The molecule has 0 aliphatic carbocycles. The first-order chi connectivity index (χ1) is 13.3. The molecule has 1 aliphatic heterocycles. The molecule has 4 aromatic rings. The molecule has 0 fully saturated rings. The fourth-order valence-electron chi connectivity index (χ4n) is 2.99. The Balaban J connectivity index is 1.34. The van der Waals surface area contributed by atoms with E-state index in [0.29, 0.717) is 17.2 Å². The van der Waals surface area contributed by atoms with Gasteiger partial charge in [0.2, 0.25) is 6.10 Å². The number of amides is 1. The summed E-state index contributed by atoms with van der Waals surface area (Å²) in [7, 11) is 0. The number of carbonyl (C=O) groups is 1. The molecule has 0 radical (unpaired) electrons. The first-order valence-electron chi connectivity index (χ1n) is 8.48. The van der Waals surface area contributed by atoms with Gasteiger partial charge in [-0.15, -0.1) is 11.3 Å². The molecule has 0 saturated carbocycles. The van der Waals surface area contributed by atoms with Crippen LogP contribution in [0.2, 0.25) is 0 Å². The number of hydrogen-bond donors (Lipinski definition) is 1. The van der Waals surface area contributed by atoms with Crippen LogP contribution in [-0.2, 0) is 4.79 Å². The molecule has 6 nitrogen and oxygen atoms in total. The minimum absolute atomic E-state index is 0.180. The molecule has 27 heavy (non-hydrogen) atoms. The summed E-state index contributed by atoms with van der Waals surface area (Å²) in [6.07, 6.45) is 3.25. The van der Waals surface area contributed by atoms with Gasteiger partial charge in [0.15, 0.2) is 16.5 Å². The number of para-hydroxylation sites is 2. The second-order valence-corrected chi connectivity index (χ2v) is 7.03. The largest absolute Gasteiger partial charge is 0.485 e. The molecule has 0 bridgehead atoms. The quantitative estimate of drug-likeness (QED) is 0.589. The number of hydrogen-bond acceptors (Lipinski definition) is 5. The van der Waals surface area contributed by atoms with Crippen molar-refractivity contribution in [2.75, 3.05) is 11.9 Å². The van der Waals surface area contributed by atoms with Crippen molar-refractivity contribution in [2.24, 2.45) is 0 Å². The molecule has 2 aromatic heterocycles. The second-order valence-electron chi connectivity index (χ2n) is 6.15. The molecule has 1 amide bonds. The van der Waals surface area contributed by atoms with Gasteiger partial charge in [-0.1, -0.05) is 24.3 Å². The molecule has 0 saturated heterocycles. The van der Waals surface area contributed by atoms with Crippen molar-refractivity contribution in [3.05, 3.63) is 66.3 Å². The van der Waals surface area contributed by atoms with Crippen molar-refractivity contribution in [3.63, 3.8) is 0 Å². The van der Waals surface area contributed by atoms with Crippen molar-refractivity contribution in [2.45, 2.75) is 6.10 Å². The number of imidazole rings is 1. The number of fused-ring (bicyclic) bond motifs is 2. The molecule has 3 heterocycles. The monoisotopic (exact) mass is 377 g/mol. The van der Waals surface area contributed by atoms with Crippen LogP contribution in [0.25, 0.3) is 16.2 Å². The van der Waals surface area contributed by atoms with Gasteiger partial charge in [0.1, 0.15) is 6.61 Å². The molecule has 1 unspecified atom stereocenters. The summed E-state index contributed by atoms with van der Waals surface area (Å²) >= 11 is 1.58. The van der Waals surface area contributed by atoms with E-state index < -0.39 is 6.10 Å². The molecule has 7 heteroatoms. The number of benzene rings is 2. The van der Waals surface area contributed by atoms with E-state index in [-0.39, 0.29) is 12.5 Å². The predicted octanol–water partition coefficient (Wildman–Crippen LogP) is 3.84. The zero-order chi connectivity index (χ0) is 18.2. The van der Waals surface area contributed by atoms with Gasteiger partial charge in [-0.2, -0.15) is 0 Å². The molecule has 134 valence electrons. The highest BCUT2D eigenvalue weighted by Gasteiger charge is 2.27. The number of thiazole rings is 1. The van der Waals surface area contributed by atoms with Gasteiger partial charge in [0.05, 0.1) is 5.69 Å². The van der Waals surface area contributed by atoms with Gasteiger partial charge in [-0.05, 0) is 24.3 Å². The highest BCUT2D eigenvalue weighted by molar-refractivity contribution is 7.15. The van der Waals surface area contributed by atoms with E-state index in [1.807, 2.05) is 64.6 Å². The van der Waals surface area contributed by atoms with Crippen molar-refractivity contribution in [1.29, 1.82) is 0 Å². The number of ether oxygens (including phenoxy) is 2. The Hall–Kier alpha value is -3.32. The third kappa shape index (κ3) is 3.02. The lowest BCUT2D eigenvalue weighted by Gasteiger charge is -2.25. The van der Waals surface area contributed by atoms with Crippen molar-refractivity contribution < 1.29 is 14.3 Å². The fourth-order valence-corrected chi connectivity index (χ4v) is 3.69. The average Bonchev–Trinajstić information content (AvgIpc) is 3.30. The summed E-state index contributed by atoms with van der Waals surface area (Å²) in [6.45, 7) is 0.180. The van der Waals surface area contributed by atoms with Crippen LogP contribution in [0.5, 0.6) is 11.5 Å². The Morgan fingerprint density at radius 3 is 2.96 bits per heavy atom. The molecular weight excluding hydrogens is 362 g/mol. The van der Waals surface area contributed by atoms with Crippen LogP contribution in [0, 0.1) is 0 Å². The van der Waals surface area contributed by atoms with Crippen LogP contribution in [0.3, 0.4) is 0 Å². The van der Waals surface area contributed by atoms with Crippen LogP contribution in [-0.4, -0.2) is 28.0 Å². The third-order valence-corrected chi connectivity index (χ3v) is 5.09. The molecule has 1 atom stereocenters. The Labute approximate surface area is 159 Å². The SMILES string of the molecule is O=C(Nc1cccc(-c2cn3ccsc3n2)c1)C1COc2ccccc2O1. The Morgan fingerprint density at radius 1 is 1.19 bits per heavy atom. The number of rotatable bonds is 3. The summed E-state index contributed by atoms with van der Waals surface area (Å²) in [5.41, 5.74) is 2.50. The summed E-state index contributed by atoms with van der Waals surface area (Å²) in [6, 6.07) is 14.9. The first kappa shape index (κ1) is 15.9. The smallest absolute Gasteiger partial charge is 0.269 e. The Morgan fingerprint density at radius 2 is 2.07 bits per heavy atom. The van der Waals surface area contributed by atoms with Crippen molar-refractivity contribution >= 4 is 27.9 Å². The molecule has 5 rings (SSSR count). The lowest BCUT2D eigenvalue weighted by atomic mass is 10.1. The van der Waals surface area contributed by atoms with E-state index in [1.54, 1.807) is 17.4 Å². The van der Waals surface area contributed by atoms with Crippen LogP contribution in [0.15, 0.2) is 66.3 Å². The fraction of sp³-hybridized carbons (Fsp3) is 0.100. The van der Waals surface area contributed by atoms with E-state index in [9.17, 15) is 4.79 Å². The van der Waals surface area contributed by atoms with Gasteiger partial charge in [0, 0.05) is 29.0 Å². The Kier molecular flexibility index (Phi) is 3.79. The Bertz CT molecular complexity index is 1110. The van der Waals surface area contributed by atoms with Gasteiger partial charge in [0.25, 0.3) is 5.91 Å². The minimum atomic E-state index is -0.693. The van der Waals surface area contributed by atoms with Crippen LogP contribution >= 0.6 is 11.3 Å². The lowest BCUT2D eigenvalue weighted by molar-refractivity contribution is -0.125. The zero-order valence-electron chi connectivity index (χ0n) is 14.2. The van der Waals surface area contributed by atoms with Crippen LogP contribution < -0.4 is 14.8 Å². The molecular formula is C20H15N3O3S. The van der Waals surface area contributed by atoms with Crippen LogP contribution in [0.1, 0.15) is 0 Å². The van der Waals surface area contributed by atoms with Gasteiger partial charge < -0.3 is 14.8 Å². The number of nitrogens with one attached hydrogen (secondary N) is 1. The number of aromatic nitrogens is 2. The molecule has 0 spiro atoms. The minimum Gasteiger partial charge on any atom is -0.485 e. The van der Waals surface area contributed by atoms with Gasteiger partial charge in [-0.3, -0.25) is 9.20 Å². The topological polar surface area (TPSA) is 64.9 Å². The maximum Gasteiger partial charge on any atom is 0.269 e. The maximum atomic E-state index is 12.6. The third-order valence-electron chi connectivity index (χ3n) is 4.32. The van der Waals surface area contributed by atoms with E-state index in [2.05, 4.69) is 10.3 Å². The molecule has 1 N–H and O–H groups in total. The molecule has 1 aliphatic rings. The second kappa shape index (κ2) is 6.44. The van der Waals surface area contributed by atoms with Gasteiger partial charge >= 0.3 is 0 Å². The van der Waals surface area contributed by atoms with E-state index in [4.69, 9.17) is 9.47 Å². The maximum absolute atomic E-state index is 12.6. The zero-order valence-corrected chi connectivity index (χ0v) is 15.0. The summed E-state index contributed by atoms with van der Waals surface area (Å²) in [5.74, 6) is 0.992. The predicted molar refractivity (Wildman–Crippen MR) is 103 cm³/mol. The standard InChI is InChI=1S/C20H15N3O3S/c24-19(18-12-25-16-6-1-2-7-17(16)26-18)21-14-5-3-4-13(10-14)15-11-23-8-9-27-20(23)22-15/h1-11,18H,12H2,(H,21,24). The molecule has 2 aromatic carbocycles. The van der Waals surface area contributed by atoms with E-state index >= 15 is 0 Å². The lowest BCUT2D eigenvalue weighted by Crippen LogP contribution is -2.40. The summed E-state index contributed by atoms with van der Waals surface area (Å²) in [4.78, 5) is 18.1. The normalized spacial score (nSPS) is 15.6. The summed E-state index contributed by atoms with van der Waals surface area (Å²) < 4.78 is 13.4. The van der Waals surface area contributed by atoms with Crippen molar-refractivity contribution in [1.82, 2.24) is 9.38 Å². The van der Waals surface area contributed by atoms with Gasteiger partial charge in [-0.25, -0.2) is 4.98 Å². The number of anilines is 1.